The molecule has 8 heavy (non-hydrogen) atoms. The summed E-state index contributed by atoms with van der Waals surface area (Å²) in [5, 5.41) is 4.34. The van der Waals surface area contributed by atoms with Crippen LogP contribution >= 0.6 is 11.5 Å². The quantitative estimate of drug-likeness (QED) is 0.551. The average molecular weight is 145 g/mol. The summed E-state index contributed by atoms with van der Waals surface area (Å²) in [4.78, 5) is 1.11. The molecule has 44 valence electrons. The van der Waals surface area contributed by atoms with Crippen molar-refractivity contribution in [2.75, 3.05) is 0 Å². The Balaban J connectivity index is 2.92. The first kappa shape index (κ1) is 5.91. The SMILES string of the molecule is CCc1snnc1[S-]. The first-order valence-corrected chi connectivity index (χ1v) is 3.51. The van der Waals surface area contributed by atoms with Crippen LogP contribution in [0.1, 0.15) is 11.8 Å². The third-order valence-corrected chi connectivity index (χ3v) is 2.17. The van der Waals surface area contributed by atoms with Gasteiger partial charge in [0.05, 0.1) is 0 Å². The van der Waals surface area contributed by atoms with Crippen LogP contribution in [0, 0.1) is 0 Å². The molecule has 0 fully saturated rings. The van der Waals surface area contributed by atoms with E-state index in [1.807, 2.05) is 6.92 Å². The highest BCUT2D eigenvalue weighted by molar-refractivity contribution is 7.59. The zero-order valence-corrected chi connectivity index (χ0v) is 6.05. The van der Waals surface area contributed by atoms with Gasteiger partial charge in [-0.1, -0.05) is 11.4 Å². The Bertz CT molecular complexity index is 172. The fraction of sp³-hybridized carbons (Fsp3) is 0.500. The van der Waals surface area contributed by atoms with E-state index in [0.717, 1.165) is 11.3 Å². The Morgan fingerprint density at radius 3 is 2.75 bits per heavy atom. The van der Waals surface area contributed by atoms with Crippen molar-refractivity contribution in [3.8, 4) is 0 Å². The van der Waals surface area contributed by atoms with Crippen LogP contribution < -0.4 is 0 Å². The average Bonchev–Trinajstić information content (AvgIpc) is 2.14. The van der Waals surface area contributed by atoms with E-state index >= 15 is 0 Å². The van der Waals surface area contributed by atoms with Gasteiger partial charge in [0.2, 0.25) is 0 Å². The van der Waals surface area contributed by atoms with Gasteiger partial charge in [-0.05, 0) is 23.0 Å². The maximum atomic E-state index is 4.82. The molecular formula is C4H5N2S2-. The van der Waals surface area contributed by atoms with Crippen molar-refractivity contribution in [2.45, 2.75) is 18.4 Å². The van der Waals surface area contributed by atoms with Crippen molar-refractivity contribution in [2.24, 2.45) is 0 Å². The summed E-state index contributed by atoms with van der Waals surface area (Å²) in [5.41, 5.74) is 0. The van der Waals surface area contributed by atoms with Gasteiger partial charge in [0, 0.05) is 4.88 Å². The Hall–Kier alpha value is -0.220. The van der Waals surface area contributed by atoms with Gasteiger partial charge >= 0.3 is 0 Å². The first-order valence-electron chi connectivity index (χ1n) is 2.33. The molecule has 1 aromatic heterocycles. The number of rotatable bonds is 1. The van der Waals surface area contributed by atoms with Gasteiger partial charge in [0.25, 0.3) is 0 Å². The largest absolute Gasteiger partial charge is 0.757 e. The zero-order chi connectivity index (χ0) is 5.98. The number of aromatic nitrogens is 2. The molecule has 1 heterocycles. The lowest BCUT2D eigenvalue weighted by atomic mass is 10.4. The van der Waals surface area contributed by atoms with Crippen LogP contribution in [0.4, 0.5) is 0 Å². The third kappa shape index (κ3) is 0.952. The molecule has 0 aliphatic heterocycles. The van der Waals surface area contributed by atoms with Gasteiger partial charge in [-0.15, -0.1) is 0 Å². The van der Waals surface area contributed by atoms with E-state index in [9.17, 15) is 0 Å². The molecule has 1 aromatic rings. The lowest BCUT2D eigenvalue weighted by Crippen LogP contribution is -1.76. The fourth-order valence-electron chi connectivity index (χ4n) is 0.417. The van der Waals surface area contributed by atoms with Gasteiger partial charge in [0.15, 0.2) is 0 Å². The van der Waals surface area contributed by atoms with Gasteiger partial charge in [0.1, 0.15) is 0 Å². The number of aryl methyl sites for hydroxylation is 1. The maximum Gasteiger partial charge on any atom is 0.0258 e. The molecule has 0 saturated heterocycles. The van der Waals surface area contributed by atoms with E-state index in [1.165, 1.54) is 11.5 Å². The van der Waals surface area contributed by atoms with E-state index in [4.69, 9.17) is 12.6 Å². The molecule has 0 aliphatic rings. The molecule has 0 amide bonds. The third-order valence-electron chi connectivity index (χ3n) is 0.842. The number of hydrogen-bond acceptors (Lipinski definition) is 4. The van der Waals surface area contributed by atoms with E-state index in [1.54, 1.807) is 0 Å². The molecule has 0 unspecified atom stereocenters. The second-order valence-electron chi connectivity index (χ2n) is 1.35. The van der Waals surface area contributed by atoms with Crippen LogP contribution in [0.3, 0.4) is 0 Å². The van der Waals surface area contributed by atoms with Crippen molar-refractivity contribution >= 4 is 24.2 Å². The summed E-state index contributed by atoms with van der Waals surface area (Å²) >= 11 is 6.21. The highest BCUT2D eigenvalue weighted by Crippen LogP contribution is 2.08. The van der Waals surface area contributed by atoms with Gasteiger partial charge in [-0.3, -0.25) is 0 Å². The van der Waals surface area contributed by atoms with Crippen molar-refractivity contribution in [3.63, 3.8) is 0 Å². The lowest BCUT2D eigenvalue weighted by molar-refractivity contribution is 0.993. The second kappa shape index (κ2) is 2.37. The first-order chi connectivity index (χ1) is 3.84. The standard InChI is InChI=1S/C4H6N2S2/c1-2-3-4(7)5-6-8-3/h7H,2H2,1H3/p-1. The van der Waals surface area contributed by atoms with E-state index < -0.39 is 0 Å². The zero-order valence-electron chi connectivity index (χ0n) is 4.42. The highest BCUT2D eigenvalue weighted by Gasteiger charge is 1.89. The van der Waals surface area contributed by atoms with E-state index in [2.05, 4.69) is 9.59 Å². The van der Waals surface area contributed by atoms with Gasteiger partial charge in [-0.25, -0.2) is 0 Å². The molecule has 2 nitrogen and oxygen atoms in total. The van der Waals surface area contributed by atoms with Crippen LogP contribution in [0.15, 0.2) is 5.03 Å². The summed E-state index contributed by atoms with van der Waals surface area (Å²) in [5.74, 6) is 0. The van der Waals surface area contributed by atoms with Crippen LogP contribution in [0.25, 0.3) is 0 Å². The molecule has 0 atom stereocenters. The Labute approximate surface area is 57.5 Å². The Kier molecular flexibility index (Phi) is 1.75. The van der Waals surface area contributed by atoms with E-state index in [0.29, 0.717) is 5.03 Å². The van der Waals surface area contributed by atoms with Crippen molar-refractivity contribution in [3.05, 3.63) is 4.88 Å². The van der Waals surface area contributed by atoms with Crippen molar-refractivity contribution < 1.29 is 0 Å². The van der Waals surface area contributed by atoms with Gasteiger partial charge in [-0.2, -0.15) is 5.10 Å². The predicted octanol–water partition coefficient (Wildman–Crippen LogP) is 1.01. The summed E-state index contributed by atoms with van der Waals surface area (Å²) in [6, 6.07) is 0. The summed E-state index contributed by atoms with van der Waals surface area (Å²) in [6.45, 7) is 2.05. The molecule has 1 rings (SSSR count). The minimum Gasteiger partial charge on any atom is -0.757 e. The normalized spacial score (nSPS) is 9.62. The molecule has 4 heteroatoms. The van der Waals surface area contributed by atoms with Crippen LogP contribution in [-0.2, 0) is 19.0 Å². The van der Waals surface area contributed by atoms with Gasteiger partial charge < -0.3 is 12.6 Å². The Morgan fingerprint density at radius 1 is 1.75 bits per heavy atom. The summed E-state index contributed by atoms with van der Waals surface area (Å²) in [6.07, 6.45) is 0.955. The molecule has 0 N–H and O–H groups in total. The lowest BCUT2D eigenvalue weighted by Gasteiger charge is -1.96. The molecular weight excluding hydrogens is 140 g/mol. The molecule has 0 saturated carbocycles. The minimum atomic E-state index is 0.664. The molecule has 0 aliphatic carbocycles. The maximum absolute atomic E-state index is 4.82. The van der Waals surface area contributed by atoms with Crippen molar-refractivity contribution in [1.82, 2.24) is 9.59 Å². The predicted molar refractivity (Wildman–Crippen MR) is 34.9 cm³/mol. The Morgan fingerprint density at radius 2 is 2.50 bits per heavy atom. The number of hydrogen-bond donors (Lipinski definition) is 0. The molecule has 0 spiro atoms. The summed E-state index contributed by atoms with van der Waals surface area (Å²) in [7, 11) is 0. The molecule has 0 aromatic carbocycles. The number of nitrogens with zero attached hydrogens (tertiary/aromatic N) is 2. The van der Waals surface area contributed by atoms with Crippen molar-refractivity contribution in [1.29, 1.82) is 0 Å². The smallest absolute Gasteiger partial charge is 0.0258 e. The fourth-order valence-corrected chi connectivity index (χ4v) is 1.24. The summed E-state index contributed by atoms with van der Waals surface area (Å²) < 4.78 is 3.68. The highest BCUT2D eigenvalue weighted by atomic mass is 32.1. The van der Waals surface area contributed by atoms with Crippen LogP contribution in [-0.4, -0.2) is 9.59 Å². The topological polar surface area (TPSA) is 25.8 Å². The monoisotopic (exact) mass is 145 g/mol. The van der Waals surface area contributed by atoms with E-state index in [-0.39, 0.29) is 0 Å². The minimum absolute atomic E-state index is 0.664. The molecule has 0 bridgehead atoms. The second-order valence-corrected chi connectivity index (χ2v) is 2.58. The van der Waals surface area contributed by atoms with Crippen LogP contribution in [0.2, 0.25) is 0 Å². The molecule has 0 radical (unpaired) electrons. The van der Waals surface area contributed by atoms with Crippen LogP contribution in [0.5, 0.6) is 0 Å².